The van der Waals surface area contributed by atoms with Gasteiger partial charge >= 0.3 is 0 Å². The van der Waals surface area contributed by atoms with E-state index in [1.165, 1.54) is 0 Å². The molecule has 0 aliphatic carbocycles. The molecule has 0 spiro atoms. The fourth-order valence-corrected chi connectivity index (χ4v) is 2.30. The molecule has 0 amide bonds. The third-order valence-electron chi connectivity index (χ3n) is 3.40. The molecular weight excluding hydrogens is 288 g/mol. The van der Waals surface area contributed by atoms with Crippen LogP contribution in [-0.2, 0) is 13.0 Å². The van der Waals surface area contributed by atoms with Gasteiger partial charge in [0.1, 0.15) is 0 Å². The van der Waals surface area contributed by atoms with Gasteiger partial charge in [-0.2, -0.15) is 0 Å². The van der Waals surface area contributed by atoms with Gasteiger partial charge in [-0.15, -0.1) is 0 Å². The second-order valence-corrected chi connectivity index (χ2v) is 5.30. The van der Waals surface area contributed by atoms with Crippen molar-refractivity contribution in [3.63, 3.8) is 0 Å². The van der Waals surface area contributed by atoms with Crippen LogP contribution in [0, 0.1) is 17.0 Å². The number of benzene rings is 2. The summed E-state index contributed by atoms with van der Waals surface area (Å²) in [6, 6.07) is 11.1. The molecule has 0 atom stereocenters. The Bertz CT molecular complexity index is 671. The maximum atomic E-state index is 11.0. The number of aryl methyl sites for hydroxylation is 2. The van der Waals surface area contributed by atoms with Gasteiger partial charge < -0.3 is 5.32 Å². The summed E-state index contributed by atoms with van der Waals surface area (Å²) >= 11 is 6.08. The van der Waals surface area contributed by atoms with Crippen LogP contribution in [0.15, 0.2) is 36.4 Å². The van der Waals surface area contributed by atoms with E-state index in [0.29, 0.717) is 13.0 Å². The van der Waals surface area contributed by atoms with Crippen LogP contribution in [0.4, 0.5) is 11.4 Å². The van der Waals surface area contributed by atoms with E-state index in [1.807, 2.05) is 38.1 Å². The molecule has 21 heavy (non-hydrogen) atoms. The van der Waals surface area contributed by atoms with Crippen LogP contribution < -0.4 is 5.32 Å². The number of hydrogen-bond donors (Lipinski definition) is 1. The summed E-state index contributed by atoms with van der Waals surface area (Å²) in [5.41, 5.74) is 3.69. The Morgan fingerprint density at radius 3 is 2.62 bits per heavy atom. The lowest BCUT2D eigenvalue weighted by molar-refractivity contribution is -0.385. The maximum Gasteiger partial charge on any atom is 0.274 e. The first-order valence-electron chi connectivity index (χ1n) is 6.77. The number of hydrogen-bond acceptors (Lipinski definition) is 3. The minimum Gasteiger partial charge on any atom is -0.381 e. The van der Waals surface area contributed by atoms with Crippen LogP contribution in [0.2, 0.25) is 5.02 Å². The van der Waals surface area contributed by atoms with Crippen molar-refractivity contribution in [3.05, 3.63) is 68.2 Å². The largest absolute Gasteiger partial charge is 0.381 e. The van der Waals surface area contributed by atoms with E-state index in [-0.39, 0.29) is 10.6 Å². The lowest BCUT2D eigenvalue weighted by Crippen LogP contribution is -2.01. The van der Waals surface area contributed by atoms with Crippen LogP contribution >= 0.6 is 11.6 Å². The van der Waals surface area contributed by atoms with Crippen LogP contribution in [0.1, 0.15) is 23.6 Å². The van der Waals surface area contributed by atoms with Crippen molar-refractivity contribution in [3.8, 4) is 0 Å². The number of anilines is 1. The predicted octanol–water partition coefficient (Wildman–Crippen LogP) is 4.73. The van der Waals surface area contributed by atoms with Gasteiger partial charge in [0.15, 0.2) is 0 Å². The SMILES string of the molecule is CCc1ccc(NCc2ccc(C)c(Cl)c2)cc1[N+](=O)[O-]. The van der Waals surface area contributed by atoms with Gasteiger partial charge in [0.05, 0.1) is 4.92 Å². The molecular formula is C16H17ClN2O2. The highest BCUT2D eigenvalue weighted by molar-refractivity contribution is 6.31. The first kappa shape index (κ1) is 15.3. The van der Waals surface area contributed by atoms with Crippen molar-refractivity contribution in [2.75, 3.05) is 5.32 Å². The van der Waals surface area contributed by atoms with Gasteiger partial charge in [0, 0.05) is 28.9 Å². The molecule has 2 aromatic rings. The Labute approximate surface area is 128 Å². The third-order valence-corrected chi connectivity index (χ3v) is 3.80. The summed E-state index contributed by atoms with van der Waals surface area (Å²) in [5, 5.41) is 15.0. The minimum atomic E-state index is -0.341. The third kappa shape index (κ3) is 3.73. The number of nitrogens with zero attached hydrogens (tertiary/aromatic N) is 1. The zero-order chi connectivity index (χ0) is 15.4. The first-order valence-corrected chi connectivity index (χ1v) is 7.15. The zero-order valence-electron chi connectivity index (χ0n) is 12.0. The molecule has 0 aliphatic rings. The van der Waals surface area contributed by atoms with Crippen molar-refractivity contribution < 1.29 is 4.92 Å². The topological polar surface area (TPSA) is 55.2 Å². The van der Waals surface area contributed by atoms with Gasteiger partial charge in [-0.25, -0.2) is 0 Å². The van der Waals surface area contributed by atoms with Gasteiger partial charge in [0.25, 0.3) is 5.69 Å². The Morgan fingerprint density at radius 1 is 1.24 bits per heavy atom. The molecule has 110 valence electrons. The second kappa shape index (κ2) is 6.59. The van der Waals surface area contributed by atoms with Crippen molar-refractivity contribution >= 4 is 23.0 Å². The molecule has 0 radical (unpaired) electrons. The fraction of sp³-hybridized carbons (Fsp3) is 0.250. The molecule has 0 aromatic heterocycles. The first-order chi connectivity index (χ1) is 10.0. The number of nitro groups is 1. The molecule has 0 bridgehead atoms. The summed E-state index contributed by atoms with van der Waals surface area (Å²) in [4.78, 5) is 10.7. The molecule has 0 fully saturated rings. The van der Waals surface area contributed by atoms with Crippen LogP contribution in [0.3, 0.4) is 0 Å². The normalized spacial score (nSPS) is 10.4. The predicted molar refractivity (Wildman–Crippen MR) is 86.0 cm³/mol. The smallest absolute Gasteiger partial charge is 0.274 e. The number of rotatable bonds is 5. The highest BCUT2D eigenvalue weighted by Crippen LogP contribution is 2.24. The van der Waals surface area contributed by atoms with E-state index in [0.717, 1.165) is 27.4 Å². The van der Waals surface area contributed by atoms with E-state index in [1.54, 1.807) is 12.1 Å². The highest BCUT2D eigenvalue weighted by atomic mass is 35.5. The second-order valence-electron chi connectivity index (χ2n) is 4.89. The van der Waals surface area contributed by atoms with Crippen molar-refractivity contribution in [1.82, 2.24) is 0 Å². The average molecular weight is 305 g/mol. The molecule has 0 saturated carbocycles. The van der Waals surface area contributed by atoms with E-state index in [2.05, 4.69) is 5.32 Å². The fourth-order valence-electron chi connectivity index (χ4n) is 2.09. The van der Waals surface area contributed by atoms with Crippen molar-refractivity contribution in [1.29, 1.82) is 0 Å². The van der Waals surface area contributed by atoms with Gasteiger partial charge in [-0.3, -0.25) is 10.1 Å². The lowest BCUT2D eigenvalue weighted by Gasteiger charge is -2.09. The maximum absolute atomic E-state index is 11.0. The number of nitrogens with one attached hydrogen (secondary N) is 1. The van der Waals surface area contributed by atoms with Crippen LogP contribution in [-0.4, -0.2) is 4.92 Å². The molecule has 0 aliphatic heterocycles. The summed E-state index contributed by atoms with van der Waals surface area (Å²) in [6.45, 7) is 4.43. The van der Waals surface area contributed by atoms with Gasteiger partial charge in [-0.05, 0) is 36.6 Å². The standard InChI is InChI=1S/C16H17ClN2O2/c1-3-13-6-7-14(9-16(13)19(20)21)18-10-12-5-4-11(2)15(17)8-12/h4-9,18H,3,10H2,1-2H3. The van der Waals surface area contributed by atoms with Gasteiger partial charge in [0.2, 0.25) is 0 Å². The number of nitro benzene ring substituents is 1. The molecule has 1 N–H and O–H groups in total. The Morgan fingerprint density at radius 2 is 2.00 bits per heavy atom. The van der Waals surface area contributed by atoms with E-state index >= 15 is 0 Å². The van der Waals surface area contributed by atoms with Crippen LogP contribution in [0.5, 0.6) is 0 Å². The molecule has 0 heterocycles. The van der Waals surface area contributed by atoms with E-state index < -0.39 is 0 Å². The summed E-state index contributed by atoms with van der Waals surface area (Å²) < 4.78 is 0. The summed E-state index contributed by atoms with van der Waals surface area (Å²) in [5.74, 6) is 0. The Kier molecular flexibility index (Phi) is 4.81. The molecule has 5 heteroatoms. The molecule has 0 saturated heterocycles. The molecule has 2 rings (SSSR count). The number of halogens is 1. The van der Waals surface area contributed by atoms with Crippen molar-refractivity contribution in [2.45, 2.75) is 26.8 Å². The van der Waals surface area contributed by atoms with E-state index in [4.69, 9.17) is 11.6 Å². The Balaban J connectivity index is 2.14. The molecule has 0 unspecified atom stereocenters. The summed E-state index contributed by atoms with van der Waals surface area (Å²) in [6.07, 6.45) is 0.643. The zero-order valence-corrected chi connectivity index (χ0v) is 12.8. The van der Waals surface area contributed by atoms with E-state index in [9.17, 15) is 10.1 Å². The Hall–Kier alpha value is -2.07. The highest BCUT2D eigenvalue weighted by Gasteiger charge is 2.12. The van der Waals surface area contributed by atoms with Crippen LogP contribution in [0.25, 0.3) is 0 Å². The quantitative estimate of drug-likeness (QED) is 0.641. The average Bonchev–Trinajstić information content (AvgIpc) is 2.48. The van der Waals surface area contributed by atoms with Crippen molar-refractivity contribution in [2.24, 2.45) is 0 Å². The monoisotopic (exact) mass is 304 g/mol. The minimum absolute atomic E-state index is 0.157. The summed E-state index contributed by atoms with van der Waals surface area (Å²) in [7, 11) is 0. The lowest BCUT2D eigenvalue weighted by atomic mass is 10.1. The molecule has 4 nitrogen and oxygen atoms in total. The molecule has 2 aromatic carbocycles. The van der Waals surface area contributed by atoms with Gasteiger partial charge in [-0.1, -0.05) is 36.7 Å².